The molecule has 0 spiro atoms. The number of carbonyl (C=O) groups excluding carboxylic acids is 3. The first-order valence-electron chi connectivity index (χ1n) is 8.73. The summed E-state index contributed by atoms with van der Waals surface area (Å²) in [6, 6.07) is 7.53. The Balaban J connectivity index is 3.22. The van der Waals surface area contributed by atoms with E-state index in [1.807, 2.05) is 24.3 Å². The number of allylic oxidation sites excluding steroid dienone is 1. The summed E-state index contributed by atoms with van der Waals surface area (Å²) in [5.41, 5.74) is -0.646. The van der Waals surface area contributed by atoms with Crippen LogP contribution in [0.25, 0.3) is 0 Å². The van der Waals surface area contributed by atoms with Gasteiger partial charge in [0.05, 0.1) is 13.2 Å². The van der Waals surface area contributed by atoms with Gasteiger partial charge in [-0.3, -0.25) is 14.4 Å². The molecule has 6 nitrogen and oxygen atoms in total. The maximum absolute atomic E-state index is 12.8. The maximum atomic E-state index is 12.8. The average Bonchev–Trinajstić information content (AvgIpc) is 2.62. The lowest BCUT2D eigenvalue weighted by Crippen LogP contribution is -2.44. The molecule has 0 aliphatic heterocycles. The first-order valence-corrected chi connectivity index (χ1v) is 9.81. The molecule has 0 amide bonds. The van der Waals surface area contributed by atoms with Crippen LogP contribution in [0.2, 0.25) is 0 Å². The van der Waals surface area contributed by atoms with E-state index < -0.39 is 23.3 Å². The van der Waals surface area contributed by atoms with Crippen molar-refractivity contribution < 1.29 is 28.6 Å². The summed E-state index contributed by atoms with van der Waals surface area (Å²) in [6.45, 7) is 5.08. The number of hydrogen-bond acceptors (Lipinski definition) is 6. The predicted molar refractivity (Wildman–Crippen MR) is 109 cm³/mol. The first kappa shape index (κ1) is 23.1. The van der Waals surface area contributed by atoms with Crippen LogP contribution in [0.1, 0.15) is 32.8 Å². The van der Waals surface area contributed by atoms with E-state index >= 15 is 0 Å². The van der Waals surface area contributed by atoms with Crippen molar-refractivity contribution in [2.45, 2.75) is 33.6 Å². The third-order valence-electron chi connectivity index (χ3n) is 3.80. The molecule has 1 aromatic carbocycles. The first-order chi connectivity index (χ1) is 12.9. The van der Waals surface area contributed by atoms with Crippen LogP contribution in [0, 0.1) is 8.99 Å². The van der Waals surface area contributed by atoms with Crippen molar-refractivity contribution in [3.05, 3.63) is 45.6 Å². The van der Waals surface area contributed by atoms with E-state index in [0.29, 0.717) is 0 Å². The summed E-state index contributed by atoms with van der Waals surface area (Å²) in [7, 11) is 0. The molecule has 0 aliphatic rings. The summed E-state index contributed by atoms with van der Waals surface area (Å²) in [4.78, 5) is 36.5. The van der Waals surface area contributed by atoms with Crippen molar-refractivity contribution in [3.8, 4) is 0 Å². The Hall–Kier alpha value is -1.90. The summed E-state index contributed by atoms with van der Waals surface area (Å²) in [6.07, 6.45) is 3.48. The topological polar surface area (TPSA) is 78.9 Å². The number of halogens is 1. The third-order valence-corrected chi connectivity index (χ3v) is 4.85. The zero-order valence-electron chi connectivity index (χ0n) is 15.8. The minimum Gasteiger partial charge on any atom is -0.465 e. The molecule has 0 atom stereocenters. The predicted octanol–water partition coefficient (Wildman–Crippen LogP) is 3.46. The Kier molecular flexibility index (Phi) is 10.1. The van der Waals surface area contributed by atoms with Crippen LogP contribution < -0.4 is 0 Å². The highest BCUT2D eigenvalue weighted by Crippen LogP contribution is 2.33. The van der Waals surface area contributed by atoms with Gasteiger partial charge in [-0.2, -0.15) is 0 Å². The SMILES string of the molecule is CCOC(=O)C(C/C=C\COC(C)=O)(Cc1ccccc1I)C(=O)OCC. The average molecular weight is 488 g/mol. The second kappa shape index (κ2) is 11.7. The Labute approximate surface area is 173 Å². The highest BCUT2D eigenvalue weighted by molar-refractivity contribution is 14.1. The normalized spacial score (nSPS) is 11.3. The fourth-order valence-electron chi connectivity index (χ4n) is 2.49. The minimum absolute atomic E-state index is 0.0694. The molecule has 0 bridgehead atoms. The van der Waals surface area contributed by atoms with Gasteiger partial charge in [-0.1, -0.05) is 30.4 Å². The lowest BCUT2D eigenvalue weighted by Gasteiger charge is -2.28. The van der Waals surface area contributed by atoms with Gasteiger partial charge in [-0.05, 0) is 54.5 Å². The molecule has 0 saturated carbocycles. The number of ether oxygens (including phenoxy) is 3. The van der Waals surface area contributed by atoms with E-state index in [0.717, 1.165) is 9.13 Å². The Morgan fingerprint density at radius 1 is 1.00 bits per heavy atom. The number of carbonyl (C=O) groups is 3. The van der Waals surface area contributed by atoms with Crippen LogP contribution in [-0.2, 0) is 35.0 Å². The minimum atomic E-state index is -1.50. The van der Waals surface area contributed by atoms with Crippen LogP contribution in [0.4, 0.5) is 0 Å². The monoisotopic (exact) mass is 488 g/mol. The smallest absolute Gasteiger partial charge is 0.324 e. The number of hydrogen-bond donors (Lipinski definition) is 0. The summed E-state index contributed by atoms with van der Waals surface area (Å²) in [5, 5.41) is 0. The van der Waals surface area contributed by atoms with Gasteiger partial charge in [0, 0.05) is 16.9 Å². The Bertz CT molecular complexity index is 665. The molecule has 27 heavy (non-hydrogen) atoms. The van der Waals surface area contributed by atoms with E-state index in [1.165, 1.54) is 6.92 Å². The molecular weight excluding hydrogens is 463 g/mol. The Morgan fingerprint density at radius 3 is 2.11 bits per heavy atom. The molecule has 0 unspecified atom stereocenters. The fourth-order valence-corrected chi connectivity index (χ4v) is 3.07. The quantitative estimate of drug-likeness (QED) is 0.165. The summed E-state index contributed by atoms with van der Waals surface area (Å²) >= 11 is 2.17. The van der Waals surface area contributed by atoms with Crippen LogP contribution in [0.15, 0.2) is 36.4 Å². The molecule has 148 valence electrons. The largest absolute Gasteiger partial charge is 0.465 e. The van der Waals surface area contributed by atoms with E-state index in [1.54, 1.807) is 26.0 Å². The van der Waals surface area contributed by atoms with Crippen molar-refractivity contribution in [1.82, 2.24) is 0 Å². The lowest BCUT2D eigenvalue weighted by molar-refractivity contribution is -0.172. The molecule has 1 aromatic rings. The van der Waals surface area contributed by atoms with Gasteiger partial charge in [-0.25, -0.2) is 0 Å². The van der Waals surface area contributed by atoms with Gasteiger partial charge >= 0.3 is 17.9 Å². The van der Waals surface area contributed by atoms with E-state index in [9.17, 15) is 14.4 Å². The zero-order chi connectivity index (χ0) is 20.3. The van der Waals surface area contributed by atoms with Gasteiger partial charge < -0.3 is 14.2 Å². The van der Waals surface area contributed by atoms with Crippen molar-refractivity contribution >= 4 is 40.5 Å². The van der Waals surface area contributed by atoms with Gasteiger partial charge in [0.25, 0.3) is 0 Å². The maximum Gasteiger partial charge on any atom is 0.324 e. The van der Waals surface area contributed by atoms with Crippen LogP contribution in [0.3, 0.4) is 0 Å². The molecular formula is C20H25IO6. The molecule has 0 heterocycles. The molecule has 0 fully saturated rings. The van der Waals surface area contributed by atoms with Crippen LogP contribution in [-0.4, -0.2) is 37.7 Å². The van der Waals surface area contributed by atoms with Crippen LogP contribution >= 0.6 is 22.6 Å². The fraction of sp³-hybridized carbons (Fsp3) is 0.450. The number of benzene rings is 1. The van der Waals surface area contributed by atoms with Crippen molar-refractivity contribution in [2.75, 3.05) is 19.8 Å². The van der Waals surface area contributed by atoms with E-state index in [2.05, 4.69) is 22.6 Å². The van der Waals surface area contributed by atoms with Crippen molar-refractivity contribution in [3.63, 3.8) is 0 Å². The second-order valence-corrected chi connectivity index (χ2v) is 6.93. The molecule has 7 heteroatoms. The van der Waals surface area contributed by atoms with E-state index in [4.69, 9.17) is 14.2 Å². The highest BCUT2D eigenvalue weighted by Gasteiger charge is 2.48. The zero-order valence-corrected chi connectivity index (χ0v) is 18.0. The van der Waals surface area contributed by atoms with E-state index in [-0.39, 0.29) is 32.7 Å². The molecule has 0 aromatic heterocycles. The van der Waals surface area contributed by atoms with Crippen LogP contribution in [0.5, 0.6) is 0 Å². The molecule has 0 aliphatic carbocycles. The van der Waals surface area contributed by atoms with Gasteiger partial charge in [0.1, 0.15) is 6.61 Å². The summed E-state index contributed by atoms with van der Waals surface area (Å²) in [5.74, 6) is -1.65. The molecule has 1 rings (SSSR count). The van der Waals surface area contributed by atoms with Gasteiger partial charge in [0.2, 0.25) is 0 Å². The van der Waals surface area contributed by atoms with Crippen molar-refractivity contribution in [2.24, 2.45) is 5.41 Å². The second-order valence-electron chi connectivity index (χ2n) is 5.77. The Morgan fingerprint density at radius 2 is 1.59 bits per heavy atom. The van der Waals surface area contributed by atoms with Gasteiger partial charge in [-0.15, -0.1) is 0 Å². The number of esters is 3. The van der Waals surface area contributed by atoms with Gasteiger partial charge in [0.15, 0.2) is 5.41 Å². The molecule has 0 saturated heterocycles. The standard InChI is InChI=1S/C20H25IO6/c1-4-25-18(23)20(19(24)26-5-2,12-8-9-13-27-15(3)22)14-16-10-6-7-11-17(16)21/h6-11H,4-5,12-14H2,1-3H3/b9-8-. The third kappa shape index (κ3) is 6.97. The highest BCUT2D eigenvalue weighted by atomic mass is 127. The number of rotatable bonds is 10. The molecule has 0 N–H and O–H groups in total. The molecule has 0 radical (unpaired) electrons. The lowest BCUT2D eigenvalue weighted by atomic mass is 9.78. The van der Waals surface area contributed by atoms with Crippen molar-refractivity contribution in [1.29, 1.82) is 0 Å². The summed E-state index contributed by atoms with van der Waals surface area (Å²) < 4.78 is 16.2.